The third-order valence-corrected chi connectivity index (χ3v) is 6.02. The quantitative estimate of drug-likeness (QED) is 0.728. The van der Waals surface area contributed by atoms with Crippen LogP contribution in [0, 0.1) is 0 Å². The fourth-order valence-corrected chi connectivity index (χ4v) is 4.23. The maximum atomic E-state index is 12.3. The van der Waals surface area contributed by atoms with Crippen LogP contribution in [0.15, 0.2) is 70.7 Å². The number of hydrogen-bond donors (Lipinski definition) is 0. The Bertz CT molecular complexity index is 930. The van der Waals surface area contributed by atoms with E-state index in [1.807, 2.05) is 29.3 Å². The summed E-state index contributed by atoms with van der Waals surface area (Å²) in [7, 11) is -1.68. The first-order chi connectivity index (χ1) is 12.4. The zero-order chi connectivity index (χ0) is 18.7. The molecule has 0 saturated carbocycles. The molecule has 0 unspecified atom stereocenters. The molecule has 1 aliphatic rings. The minimum absolute atomic E-state index is 0.0319. The molecule has 1 aliphatic heterocycles. The Hall–Kier alpha value is -2.60. The van der Waals surface area contributed by atoms with Crippen molar-refractivity contribution in [1.29, 1.82) is 0 Å². The molecule has 1 heterocycles. The molecule has 0 amide bonds. The highest BCUT2D eigenvalue weighted by atomic mass is 32.2. The van der Waals surface area contributed by atoms with Crippen molar-refractivity contribution in [3.8, 4) is 5.75 Å². The molecular formula is C20H22N2O3S. The first kappa shape index (κ1) is 18.2. The number of anilines is 1. The van der Waals surface area contributed by atoms with Gasteiger partial charge in [-0.15, -0.1) is 0 Å². The molecule has 0 atom stereocenters. The summed E-state index contributed by atoms with van der Waals surface area (Å²) >= 11 is 0. The van der Waals surface area contributed by atoms with Crippen molar-refractivity contribution in [3.05, 3.63) is 66.2 Å². The largest absolute Gasteiger partial charge is 0.497 e. The SMILES string of the molecule is C=C(C)CS(=O)(=O)c1ccc(N2CCC(c3ccc(OC)cc3)=N2)cc1. The topological polar surface area (TPSA) is 59.0 Å². The van der Waals surface area contributed by atoms with Crippen LogP contribution in [0.25, 0.3) is 0 Å². The molecule has 0 aromatic heterocycles. The molecular weight excluding hydrogens is 348 g/mol. The average molecular weight is 370 g/mol. The van der Waals surface area contributed by atoms with Crippen LogP contribution in [-0.4, -0.2) is 33.5 Å². The molecule has 0 radical (unpaired) electrons. The van der Waals surface area contributed by atoms with Crippen molar-refractivity contribution >= 4 is 21.2 Å². The van der Waals surface area contributed by atoms with Crippen molar-refractivity contribution in [2.75, 3.05) is 24.4 Å². The smallest absolute Gasteiger partial charge is 0.182 e. The number of ether oxygens (including phenoxy) is 1. The van der Waals surface area contributed by atoms with Crippen molar-refractivity contribution in [2.45, 2.75) is 18.2 Å². The molecule has 0 bridgehead atoms. The van der Waals surface area contributed by atoms with Crippen molar-refractivity contribution in [3.63, 3.8) is 0 Å². The zero-order valence-electron chi connectivity index (χ0n) is 15.0. The van der Waals surface area contributed by atoms with Crippen LogP contribution >= 0.6 is 0 Å². The predicted octanol–water partition coefficient (Wildman–Crippen LogP) is 3.66. The van der Waals surface area contributed by atoms with Gasteiger partial charge in [-0.25, -0.2) is 8.42 Å². The number of benzene rings is 2. The molecule has 2 aromatic carbocycles. The van der Waals surface area contributed by atoms with E-state index in [2.05, 4.69) is 11.7 Å². The summed E-state index contributed by atoms with van der Waals surface area (Å²) in [6, 6.07) is 14.7. The van der Waals surface area contributed by atoms with E-state index in [-0.39, 0.29) is 5.75 Å². The van der Waals surface area contributed by atoms with E-state index in [1.165, 1.54) is 0 Å². The fourth-order valence-electron chi connectivity index (χ4n) is 2.86. The molecule has 2 aromatic rings. The van der Waals surface area contributed by atoms with E-state index in [1.54, 1.807) is 38.3 Å². The molecule has 0 fully saturated rings. The molecule has 0 saturated heterocycles. The van der Waals surface area contributed by atoms with Crippen molar-refractivity contribution in [2.24, 2.45) is 5.10 Å². The molecule has 6 heteroatoms. The lowest BCUT2D eigenvalue weighted by Crippen LogP contribution is -2.12. The second-order valence-corrected chi connectivity index (χ2v) is 8.35. The maximum Gasteiger partial charge on any atom is 0.182 e. The number of rotatable bonds is 6. The first-order valence-corrected chi connectivity index (χ1v) is 10.0. The van der Waals surface area contributed by atoms with Crippen LogP contribution < -0.4 is 9.75 Å². The van der Waals surface area contributed by atoms with Gasteiger partial charge in [0.05, 0.1) is 29.2 Å². The van der Waals surface area contributed by atoms with E-state index < -0.39 is 9.84 Å². The highest BCUT2D eigenvalue weighted by Gasteiger charge is 2.19. The van der Waals surface area contributed by atoms with Crippen LogP contribution in [0.5, 0.6) is 5.75 Å². The summed E-state index contributed by atoms with van der Waals surface area (Å²) in [5.41, 5.74) is 3.57. The molecule has 3 rings (SSSR count). The van der Waals surface area contributed by atoms with Gasteiger partial charge < -0.3 is 4.74 Å². The molecule has 26 heavy (non-hydrogen) atoms. The predicted molar refractivity (Wildman–Crippen MR) is 105 cm³/mol. The lowest BCUT2D eigenvalue weighted by Gasteiger charge is -2.14. The zero-order valence-corrected chi connectivity index (χ0v) is 15.8. The highest BCUT2D eigenvalue weighted by Crippen LogP contribution is 2.24. The number of methoxy groups -OCH3 is 1. The number of nitrogens with zero attached hydrogens (tertiary/aromatic N) is 2. The van der Waals surface area contributed by atoms with Crippen LogP contribution in [0.1, 0.15) is 18.9 Å². The third kappa shape index (κ3) is 3.96. The standard InChI is InChI=1S/C20H22N2O3S/c1-15(2)14-26(23,24)19-10-6-17(7-11-19)22-13-12-20(21-22)16-4-8-18(25-3)9-5-16/h4-11H,1,12-14H2,2-3H3. The van der Waals surface area contributed by atoms with Crippen LogP contribution in [0.4, 0.5) is 5.69 Å². The molecule has 5 nitrogen and oxygen atoms in total. The Labute approximate surface area is 154 Å². The number of hydrogen-bond acceptors (Lipinski definition) is 5. The normalized spacial score (nSPS) is 14.2. The van der Waals surface area contributed by atoms with E-state index in [4.69, 9.17) is 4.74 Å². The van der Waals surface area contributed by atoms with Gasteiger partial charge in [0.2, 0.25) is 0 Å². The number of sulfone groups is 1. The van der Waals surface area contributed by atoms with Gasteiger partial charge in [-0.1, -0.05) is 12.2 Å². The lowest BCUT2D eigenvalue weighted by atomic mass is 10.1. The van der Waals surface area contributed by atoms with Gasteiger partial charge in [0.1, 0.15) is 5.75 Å². The summed E-state index contributed by atoms with van der Waals surface area (Å²) in [4.78, 5) is 0.308. The number of hydrazone groups is 1. The van der Waals surface area contributed by atoms with Gasteiger partial charge in [0.25, 0.3) is 0 Å². The monoisotopic (exact) mass is 370 g/mol. The fraction of sp³-hybridized carbons (Fsp3) is 0.250. The highest BCUT2D eigenvalue weighted by molar-refractivity contribution is 7.91. The van der Waals surface area contributed by atoms with E-state index in [9.17, 15) is 8.42 Å². The molecule has 0 aliphatic carbocycles. The minimum Gasteiger partial charge on any atom is -0.497 e. The van der Waals surface area contributed by atoms with Crippen LogP contribution in [0.2, 0.25) is 0 Å². The Kier molecular flexibility index (Phi) is 5.13. The third-order valence-electron chi connectivity index (χ3n) is 4.16. The second-order valence-electron chi connectivity index (χ2n) is 6.36. The van der Waals surface area contributed by atoms with Gasteiger partial charge in [0, 0.05) is 13.0 Å². The Balaban J connectivity index is 1.77. The van der Waals surface area contributed by atoms with Crippen LogP contribution in [-0.2, 0) is 9.84 Å². The Morgan fingerprint density at radius 3 is 2.38 bits per heavy atom. The first-order valence-electron chi connectivity index (χ1n) is 8.36. The Morgan fingerprint density at radius 1 is 1.15 bits per heavy atom. The molecule has 136 valence electrons. The van der Waals surface area contributed by atoms with Crippen molar-refractivity contribution in [1.82, 2.24) is 0 Å². The summed E-state index contributed by atoms with van der Waals surface area (Å²) in [5.74, 6) is 0.784. The molecule has 0 spiro atoms. The molecule has 0 N–H and O–H groups in total. The summed E-state index contributed by atoms with van der Waals surface area (Å²) in [5, 5.41) is 6.57. The van der Waals surface area contributed by atoms with Crippen molar-refractivity contribution < 1.29 is 13.2 Å². The average Bonchev–Trinajstić information content (AvgIpc) is 3.11. The van der Waals surface area contributed by atoms with E-state index in [0.29, 0.717) is 10.5 Å². The van der Waals surface area contributed by atoms with Gasteiger partial charge >= 0.3 is 0 Å². The van der Waals surface area contributed by atoms with Gasteiger partial charge in [-0.2, -0.15) is 5.10 Å². The summed E-state index contributed by atoms with van der Waals surface area (Å²) in [6.45, 7) is 6.16. The Morgan fingerprint density at radius 2 is 1.81 bits per heavy atom. The van der Waals surface area contributed by atoms with Gasteiger partial charge in [-0.05, 0) is 61.0 Å². The van der Waals surface area contributed by atoms with Gasteiger partial charge in [0.15, 0.2) is 9.84 Å². The lowest BCUT2D eigenvalue weighted by molar-refractivity contribution is 0.415. The van der Waals surface area contributed by atoms with Gasteiger partial charge in [-0.3, -0.25) is 5.01 Å². The van der Waals surface area contributed by atoms with E-state index in [0.717, 1.165) is 35.7 Å². The maximum absolute atomic E-state index is 12.3. The minimum atomic E-state index is -3.33. The second kappa shape index (κ2) is 7.33. The summed E-state index contributed by atoms with van der Waals surface area (Å²) < 4.78 is 29.7. The van der Waals surface area contributed by atoms with E-state index >= 15 is 0 Å². The van der Waals surface area contributed by atoms with Crippen LogP contribution in [0.3, 0.4) is 0 Å². The summed E-state index contributed by atoms with van der Waals surface area (Å²) in [6.07, 6.45) is 0.835.